The van der Waals surface area contributed by atoms with Crippen molar-refractivity contribution in [2.45, 2.75) is 27.3 Å². The maximum absolute atomic E-state index is 10.8. The first-order chi connectivity index (χ1) is 8.00. The molecule has 0 amide bonds. The molecule has 0 heterocycles. The molecule has 4 nitrogen and oxygen atoms in total. The molecule has 0 fully saturated rings. The highest BCUT2D eigenvalue weighted by Crippen LogP contribution is 2.18. The zero-order valence-electron chi connectivity index (χ0n) is 10.5. The first-order valence-corrected chi connectivity index (χ1v) is 5.58. The lowest BCUT2D eigenvalue weighted by atomic mass is 10.1. The Balaban J connectivity index is 2.63. The second-order valence-corrected chi connectivity index (χ2v) is 4.29. The number of aryl methyl sites for hydroxylation is 1. The van der Waals surface area contributed by atoms with E-state index in [9.17, 15) is 10.1 Å². The Labute approximate surface area is 101 Å². The van der Waals surface area contributed by atoms with Gasteiger partial charge in [-0.3, -0.25) is 10.1 Å². The minimum atomic E-state index is -0.338. The summed E-state index contributed by atoms with van der Waals surface area (Å²) in [4.78, 5) is 10.4. The number of nitrogens with one attached hydrogen (secondary N) is 1. The molecule has 0 bridgehead atoms. The fourth-order valence-electron chi connectivity index (χ4n) is 1.45. The van der Waals surface area contributed by atoms with Crippen LogP contribution in [0.3, 0.4) is 0 Å². The van der Waals surface area contributed by atoms with E-state index in [1.54, 1.807) is 19.1 Å². The standard InChI is InChI=1S/C13H18N2O2/c1-10(2)6-7-14-9-12-5-4-11(3)13(8-12)15(16)17/h4-6,8,14H,7,9H2,1-3H3. The molecule has 1 aromatic rings. The molecule has 0 atom stereocenters. The van der Waals surface area contributed by atoms with Gasteiger partial charge in [-0.25, -0.2) is 0 Å². The van der Waals surface area contributed by atoms with E-state index in [4.69, 9.17) is 0 Å². The normalized spacial score (nSPS) is 10.1. The van der Waals surface area contributed by atoms with E-state index in [2.05, 4.69) is 11.4 Å². The van der Waals surface area contributed by atoms with E-state index in [0.717, 1.165) is 12.1 Å². The lowest BCUT2D eigenvalue weighted by Gasteiger charge is -2.04. The van der Waals surface area contributed by atoms with E-state index in [1.807, 2.05) is 19.9 Å². The van der Waals surface area contributed by atoms with Gasteiger partial charge in [0.15, 0.2) is 0 Å². The summed E-state index contributed by atoms with van der Waals surface area (Å²) in [5.74, 6) is 0. The quantitative estimate of drug-likeness (QED) is 0.369. The Bertz CT molecular complexity index is 435. The maximum Gasteiger partial charge on any atom is 0.272 e. The molecule has 0 aromatic heterocycles. The molecule has 0 aliphatic heterocycles. The summed E-state index contributed by atoms with van der Waals surface area (Å²) in [6.45, 7) is 7.25. The van der Waals surface area contributed by atoms with Gasteiger partial charge in [0, 0.05) is 24.7 Å². The third-order valence-electron chi connectivity index (χ3n) is 2.45. The molecule has 0 saturated heterocycles. The van der Waals surface area contributed by atoms with E-state index < -0.39 is 0 Å². The SMILES string of the molecule is CC(C)=CCNCc1ccc(C)c([N+](=O)[O-])c1. The topological polar surface area (TPSA) is 55.2 Å². The summed E-state index contributed by atoms with van der Waals surface area (Å²) >= 11 is 0. The molecule has 1 aromatic carbocycles. The van der Waals surface area contributed by atoms with Gasteiger partial charge in [0.05, 0.1) is 4.92 Å². The Hall–Kier alpha value is -1.68. The van der Waals surface area contributed by atoms with E-state index >= 15 is 0 Å². The average Bonchev–Trinajstić information content (AvgIpc) is 2.25. The zero-order valence-corrected chi connectivity index (χ0v) is 10.5. The van der Waals surface area contributed by atoms with Gasteiger partial charge in [-0.05, 0) is 26.3 Å². The largest absolute Gasteiger partial charge is 0.309 e. The van der Waals surface area contributed by atoms with Crippen LogP contribution in [0.25, 0.3) is 0 Å². The van der Waals surface area contributed by atoms with Crippen molar-refractivity contribution in [3.63, 3.8) is 0 Å². The third kappa shape index (κ3) is 4.36. The number of rotatable bonds is 5. The minimum absolute atomic E-state index is 0.187. The van der Waals surface area contributed by atoms with Crippen LogP contribution in [0, 0.1) is 17.0 Å². The molecule has 1 N–H and O–H groups in total. The first kappa shape index (κ1) is 13.4. The number of nitrogens with zero attached hydrogens (tertiary/aromatic N) is 1. The highest BCUT2D eigenvalue weighted by molar-refractivity contribution is 5.42. The van der Waals surface area contributed by atoms with Crippen molar-refractivity contribution >= 4 is 5.69 Å². The zero-order chi connectivity index (χ0) is 12.8. The summed E-state index contributed by atoms with van der Waals surface area (Å²) in [6.07, 6.45) is 2.09. The van der Waals surface area contributed by atoms with Gasteiger partial charge in [-0.1, -0.05) is 23.8 Å². The molecular formula is C13H18N2O2. The Morgan fingerprint density at radius 2 is 2.18 bits per heavy atom. The molecule has 4 heteroatoms. The Kier molecular flexibility index (Phi) is 4.84. The average molecular weight is 234 g/mol. The van der Waals surface area contributed by atoms with Crippen molar-refractivity contribution in [3.8, 4) is 0 Å². The van der Waals surface area contributed by atoms with Crippen molar-refractivity contribution in [3.05, 3.63) is 51.1 Å². The molecule has 0 saturated carbocycles. The van der Waals surface area contributed by atoms with Crippen LogP contribution in [0.5, 0.6) is 0 Å². The van der Waals surface area contributed by atoms with Crippen LogP contribution in [-0.2, 0) is 6.54 Å². The van der Waals surface area contributed by atoms with Crippen LogP contribution in [0.2, 0.25) is 0 Å². The first-order valence-electron chi connectivity index (χ1n) is 5.58. The molecule has 0 unspecified atom stereocenters. The summed E-state index contributed by atoms with van der Waals surface area (Å²) in [7, 11) is 0. The van der Waals surface area contributed by atoms with Gasteiger partial charge in [0.2, 0.25) is 0 Å². The lowest BCUT2D eigenvalue weighted by molar-refractivity contribution is -0.385. The van der Waals surface area contributed by atoms with Gasteiger partial charge < -0.3 is 5.32 Å². The predicted octanol–water partition coefficient (Wildman–Crippen LogP) is 2.96. The molecule has 0 spiro atoms. The minimum Gasteiger partial charge on any atom is -0.309 e. The van der Waals surface area contributed by atoms with Crippen LogP contribution < -0.4 is 5.32 Å². The fourth-order valence-corrected chi connectivity index (χ4v) is 1.45. The molecule has 0 radical (unpaired) electrons. The predicted molar refractivity (Wildman–Crippen MR) is 69.0 cm³/mol. The number of hydrogen-bond donors (Lipinski definition) is 1. The summed E-state index contributed by atoms with van der Waals surface area (Å²) in [5.41, 5.74) is 3.08. The van der Waals surface area contributed by atoms with Crippen LogP contribution in [0.4, 0.5) is 5.69 Å². The van der Waals surface area contributed by atoms with Gasteiger partial charge in [-0.2, -0.15) is 0 Å². The van der Waals surface area contributed by atoms with E-state index in [-0.39, 0.29) is 10.6 Å². The molecule has 1 rings (SSSR count). The number of nitro benzene ring substituents is 1. The van der Waals surface area contributed by atoms with Crippen LogP contribution in [0.1, 0.15) is 25.0 Å². The van der Waals surface area contributed by atoms with Gasteiger partial charge in [0.25, 0.3) is 5.69 Å². The van der Waals surface area contributed by atoms with Crippen molar-refractivity contribution in [1.29, 1.82) is 0 Å². The van der Waals surface area contributed by atoms with Crippen LogP contribution >= 0.6 is 0 Å². The van der Waals surface area contributed by atoms with Crippen LogP contribution in [-0.4, -0.2) is 11.5 Å². The van der Waals surface area contributed by atoms with Crippen LogP contribution in [0.15, 0.2) is 29.8 Å². The highest BCUT2D eigenvalue weighted by Gasteiger charge is 2.10. The van der Waals surface area contributed by atoms with Gasteiger partial charge >= 0.3 is 0 Å². The molecule has 17 heavy (non-hydrogen) atoms. The number of benzene rings is 1. The highest BCUT2D eigenvalue weighted by atomic mass is 16.6. The Morgan fingerprint density at radius 1 is 1.47 bits per heavy atom. The molecule has 0 aliphatic carbocycles. The monoisotopic (exact) mass is 234 g/mol. The number of nitro groups is 1. The lowest BCUT2D eigenvalue weighted by Crippen LogP contribution is -2.13. The molecular weight excluding hydrogens is 216 g/mol. The summed E-state index contributed by atoms with van der Waals surface area (Å²) < 4.78 is 0. The van der Waals surface area contributed by atoms with Crippen molar-refractivity contribution in [2.24, 2.45) is 0 Å². The van der Waals surface area contributed by atoms with E-state index in [0.29, 0.717) is 12.1 Å². The second kappa shape index (κ2) is 6.15. The van der Waals surface area contributed by atoms with Crippen molar-refractivity contribution in [2.75, 3.05) is 6.54 Å². The Morgan fingerprint density at radius 3 is 2.76 bits per heavy atom. The van der Waals surface area contributed by atoms with Crippen molar-refractivity contribution in [1.82, 2.24) is 5.32 Å². The van der Waals surface area contributed by atoms with Gasteiger partial charge in [0.1, 0.15) is 0 Å². The molecule has 92 valence electrons. The second-order valence-electron chi connectivity index (χ2n) is 4.29. The summed E-state index contributed by atoms with van der Waals surface area (Å²) in [6, 6.07) is 5.33. The fraction of sp³-hybridized carbons (Fsp3) is 0.385. The van der Waals surface area contributed by atoms with E-state index in [1.165, 1.54) is 5.57 Å². The smallest absolute Gasteiger partial charge is 0.272 e. The molecule has 0 aliphatic rings. The third-order valence-corrected chi connectivity index (χ3v) is 2.45. The number of hydrogen-bond acceptors (Lipinski definition) is 3. The van der Waals surface area contributed by atoms with Gasteiger partial charge in [-0.15, -0.1) is 0 Å². The maximum atomic E-state index is 10.8. The van der Waals surface area contributed by atoms with Crippen molar-refractivity contribution < 1.29 is 4.92 Å². The number of allylic oxidation sites excluding steroid dienone is 1. The summed E-state index contributed by atoms with van der Waals surface area (Å²) in [5, 5.41) is 14.0.